The fourth-order valence-corrected chi connectivity index (χ4v) is 0.730. The molecule has 0 spiro atoms. The Kier molecular flexibility index (Phi) is 5.68. The minimum Gasteiger partial charge on any atom is -0.457 e. The number of carbonyl (C=O) groups is 1. The van der Waals surface area contributed by atoms with Crippen molar-refractivity contribution in [2.45, 2.75) is 52.7 Å². The Morgan fingerprint density at radius 1 is 1.06 bits per heavy atom. The van der Waals surface area contributed by atoms with Crippen molar-refractivity contribution in [2.75, 3.05) is 6.61 Å². The maximum absolute atomic E-state index is 11.2. The van der Waals surface area contributed by atoms with Gasteiger partial charge >= 0.3 is 5.97 Å². The summed E-state index contributed by atoms with van der Waals surface area (Å²) in [6, 6.07) is 0. The van der Waals surface area contributed by atoms with E-state index in [1.54, 1.807) is 6.08 Å². The molecule has 16 heavy (non-hydrogen) atoms. The summed E-state index contributed by atoms with van der Waals surface area (Å²) in [6.45, 7) is 11.3. The van der Waals surface area contributed by atoms with Crippen LogP contribution in [-0.2, 0) is 19.3 Å². The monoisotopic (exact) mass is 230 g/mol. The fraction of sp³-hybridized carbons (Fsp3) is 0.750. The zero-order chi connectivity index (χ0) is 12.8. The zero-order valence-corrected chi connectivity index (χ0v) is 11.0. The molecule has 0 aromatic carbocycles. The highest BCUT2D eigenvalue weighted by Crippen LogP contribution is 2.08. The predicted octanol–water partition coefficient (Wildman–Crippen LogP) is 2.63. The molecule has 0 aromatic rings. The van der Waals surface area contributed by atoms with Crippen molar-refractivity contribution in [3.63, 3.8) is 0 Å². The first-order chi connectivity index (χ1) is 7.10. The van der Waals surface area contributed by atoms with Crippen LogP contribution in [0.4, 0.5) is 0 Å². The molecule has 4 heteroatoms. The van der Waals surface area contributed by atoms with Gasteiger partial charge in [0.15, 0.2) is 0 Å². The molecule has 0 radical (unpaired) electrons. The van der Waals surface area contributed by atoms with Gasteiger partial charge in [-0.25, -0.2) is 14.6 Å². The van der Waals surface area contributed by atoms with E-state index in [1.165, 1.54) is 6.08 Å². The van der Waals surface area contributed by atoms with Crippen LogP contribution in [0.15, 0.2) is 12.2 Å². The van der Waals surface area contributed by atoms with Gasteiger partial charge in [0.1, 0.15) is 12.2 Å². The lowest BCUT2D eigenvalue weighted by Gasteiger charge is -2.18. The van der Waals surface area contributed by atoms with Crippen molar-refractivity contribution in [1.29, 1.82) is 0 Å². The number of hydrogen-bond donors (Lipinski definition) is 0. The van der Waals surface area contributed by atoms with Gasteiger partial charge in [0.25, 0.3) is 0 Å². The summed E-state index contributed by atoms with van der Waals surface area (Å²) < 4.78 is 5.06. The molecule has 0 rings (SSSR count). The van der Waals surface area contributed by atoms with Crippen molar-refractivity contribution >= 4 is 5.97 Å². The van der Waals surface area contributed by atoms with Gasteiger partial charge < -0.3 is 4.74 Å². The van der Waals surface area contributed by atoms with Crippen LogP contribution >= 0.6 is 0 Å². The highest BCUT2D eigenvalue weighted by atomic mass is 17.2. The Hall–Kier alpha value is -0.870. The van der Waals surface area contributed by atoms with Crippen LogP contribution in [-0.4, -0.2) is 23.8 Å². The van der Waals surface area contributed by atoms with Crippen molar-refractivity contribution in [3.05, 3.63) is 12.2 Å². The van der Waals surface area contributed by atoms with Gasteiger partial charge in [-0.1, -0.05) is 0 Å². The summed E-state index contributed by atoms with van der Waals surface area (Å²) in [4.78, 5) is 21.1. The molecule has 0 heterocycles. The largest absolute Gasteiger partial charge is 0.457 e. The summed E-state index contributed by atoms with van der Waals surface area (Å²) in [5.74, 6) is -0.383. The minimum absolute atomic E-state index is 0.219. The number of carbonyl (C=O) groups excluding carboxylic acids is 1. The zero-order valence-electron chi connectivity index (χ0n) is 11.0. The van der Waals surface area contributed by atoms with Crippen LogP contribution < -0.4 is 0 Å². The molecule has 0 saturated carbocycles. The van der Waals surface area contributed by atoms with Crippen molar-refractivity contribution in [1.82, 2.24) is 0 Å². The second kappa shape index (κ2) is 6.01. The minimum atomic E-state index is -0.468. The molecule has 0 bridgehead atoms. The lowest BCUT2D eigenvalue weighted by Crippen LogP contribution is -2.22. The third kappa shape index (κ3) is 11.2. The Morgan fingerprint density at radius 2 is 1.62 bits per heavy atom. The van der Waals surface area contributed by atoms with E-state index in [0.717, 1.165) is 0 Å². The summed E-state index contributed by atoms with van der Waals surface area (Å²) in [5.41, 5.74) is -0.816. The standard InChI is InChI=1S/C12H22O4/c1-11(2,3)15-10(13)8-7-9-14-16-12(4,5)6/h7-8H,9H2,1-6H3. The average Bonchev–Trinajstić information content (AvgIpc) is 1.97. The fourth-order valence-electron chi connectivity index (χ4n) is 0.730. The van der Waals surface area contributed by atoms with Crippen LogP contribution in [0, 0.1) is 0 Å². The quantitative estimate of drug-likeness (QED) is 0.245. The molecule has 4 nitrogen and oxygen atoms in total. The Balaban J connectivity index is 3.73. The molecule has 0 unspecified atom stereocenters. The van der Waals surface area contributed by atoms with Gasteiger partial charge in [-0.05, 0) is 47.6 Å². The van der Waals surface area contributed by atoms with E-state index in [2.05, 4.69) is 0 Å². The van der Waals surface area contributed by atoms with E-state index < -0.39 is 5.60 Å². The van der Waals surface area contributed by atoms with E-state index in [4.69, 9.17) is 14.5 Å². The van der Waals surface area contributed by atoms with Crippen LogP contribution in [0.3, 0.4) is 0 Å². The number of hydrogen-bond acceptors (Lipinski definition) is 4. The number of rotatable bonds is 4. The van der Waals surface area contributed by atoms with Gasteiger partial charge in [-0.15, -0.1) is 0 Å². The Morgan fingerprint density at radius 3 is 2.06 bits per heavy atom. The molecular formula is C12H22O4. The summed E-state index contributed by atoms with van der Waals surface area (Å²) in [6.07, 6.45) is 2.89. The van der Waals surface area contributed by atoms with Crippen molar-refractivity contribution in [3.8, 4) is 0 Å². The third-order valence-corrected chi connectivity index (χ3v) is 1.13. The van der Waals surface area contributed by atoms with Gasteiger partial charge in [-0.3, -0.25) is 0 Å². The van der Waals surface area contributed by atoms with Crippen LogP contribution in [0.5, 0.6) is 0 Å². The highest BCUT2D eigenvalue weighted by Gasteiger charge is 2.14. The van der Waals surface area contributed by atoms with Gasteiger partial charge in [-0.2, -0.15) is 0 Å². The average molecular weight is 230 g/mol. The molecule has 0 aliphatic rings. The topological polar surface area (TPSA) is 44.8 Å². The lowest BCUT2D eigenvalue weighted by molar-refractivity contribution is -0.341. The predicted molar refractivity (Wildman–Crippen MR) is 61.8 cm³/mol. The van der Waals surface area contributed by atoms with Crippen LogP contribution in [0.1, 0.15) is 41.5 Å². The van der Waals surface area contributed by atoms with E-state index in [0.29, 0.717) is 0 Å². The molecule has 0 aliphatic heterocycles. The molecule has 0 fully saturated rings. The first-order valence-electron chi connectivity index (χ1n) is 5.30. The summed E-state index contributed by atoms with van der Waals surface area (Å²) in [7, 11) is 0. The second-order valence-corrected chi connectivity index (χ2v) is 5.42. The first-order valence-corrected chi connectivity index (χ1v) is 5.30. The van der Waals surface area contributed by atoms with E-state index >= 15 is 0 Å². The van der Waals surface area contributed by atoms with Crippen LogP contribution in [0.25, 0.3) is 0 Å². The van der Waals surface area contributed by atoms with Crippen molar-refractivity contribution < 1.29 is 19.3 Å². The van der Waals surface area contributed by atoms with E-state index in [-0.39, 0.29) is 18.2 Å². The van der Waals surface area contributed by atoms with Gasteiger partial charge in [0.05, 0.1) is 5.60 Å². The van der Waals surface area contributed by atoms with Gasteiger partial charge in [0.2, 0.25) is 0 Å². The van der Waals surface area contributed by atoms with E-state index in [1.807, 2.05) is 41.5 Å². The maximum Gasteiger partial charge on any atom is 0.331 e. The van der Waals surface area contributed by atoms with Crippen molar-refractivity contribution in [2.24, 2.45) is 0 Å². The third-order valence-electron chi connectivity index (χ3n) is 1.13. The normalized spacial score (nSPS) is 13.1. The number of ether oxygens (including phenoxy) is 1. The van der Waals surface area contributed by atoms with E-state index in [9.17, 15) is 4.79 Å². The SMILES string of the molecule is CC(C)(C)OOCC=CC(=O)OC(C)(C)C. The second-order valence-electron chi connectivity index (χ2n) is 5.42. The van der Waals surface area contributed by atoms with Gasteiger partial charge in [0, 0.05) is 6.08 Å². The number of esters is 1. The molecule has 94 valence electrons. The molecule has 0 aliphatic carbocycles. The Labute approximate surface area is 97.5 Å². The lowest BCUT2D eigenvalue weighted by atomic mass is 10.2. The summed E-state index contributed by atoms with van der Waals surface area (Å²) >= 11 is 0. The summed E-state index contributed by atoms with van der Waals surface area (Å²) in [5, 5.41) is 0. The molecule has 0 N–H and O–H groups in total. The Bertz CT molecular complexity index is 243. The molecular weight excluding hydrogens is 208 g/mol. The molecule has 0 amide bonds. The highest BCUT2D eigenvalue weighted by molar-refractivity contribution is 5.82. The van der Waals surface area contributed by atoms with Crippen LogP contribution in [0.2, 0.25) is 0 Å². The maximum atomic E-state index is 11.2. The molecule has 0 atom stereocenters. The molecule has 0 saturated heterocycles. The smallest absolute Gasteiger partial charge is 0.331 e. The first kappa shape index (κ1) is 15.1. The molecule has 0 aromatic heterocycles.